The Hall–Kier alpha value is -2.46. The smallest absolute Gasteiger partial charge is 0.161 e. The van der Waals surface area contributed by atoms with Gasteiger partial charge >= 0.3 is 0 Å². The maximum absolute atomic E-state index is 8.86. The number of anilines is 1. The first kappa shape index (κ1) is 14.5. The second kappa shape index (κ2) is 6.54. The Kier molecular flexibility index (Phi) is 4.30. The van der Waals surface area contributed by atoms with Gasteiger partial charge in [-0.05, 0) is 12.8 Å². The van der Waals surface area contributed by atoms with Gasteiger partial charge < -0.3 is 10.1 Å². The number of ether oxygens (including phenoxy) is 1. The molecule has 22 heavy (non-hydrogen) atoms. The predicted octanol–water partition coefficient (Wildman–Crippen LogP) is 1.66. The van der Waals surface area contributed by atoms with Crippen LogP contribution in [0.25, 0.3) is 0 Å². The molecule has 0 aromatic carbocycles. The topological polar surface area (TPSA) is 88.6 Å². The minimum Gasteiger partial charge on any atom is -0.373 e. The minimum atomic E-state index is 0.0436. The normalized spacial score (nSPS) is 21.3. The molecule has 3 heterocycles. The van der Waals surface area contributed by atoms with Gasteiger partial charge in [-0.2, -0.15) is 10.4 Å². The number of rotatable bonds is 4. The van der Waals surface area contributed by atoms with E-state index in [1.807, 2.05) is 25.5 Å². The molecule has 0 spiro atoms. The van der Waals surface area contributed by atoms with Crippen LogP contribution in [0.1, 0.15) is 30.2 Å². The summed E-state index contributed by atoms with van der Waals surface area (Å²) in [5.41, 5.74) is 1.42. The van der Waals surface area contributed by atoms with Gasteiger partial charge in [-0.15, -0.1) is 0 Å². The number of nitrogens with zero attached hydrogens (tertiary/aromatic N) is 5. The van der Waals surface area contributed by atoms with Crippen LogP contribution in [-0.2, 0) is 11.8 Å². The number of nitriles is 1. The molecule has 2 aromatic rings. The Labute approximate surface area is 129 Å². The molecule has 0 aliphatic carbocycles. The van der Waals surface area contributed by atoms with Crippen molar-refractivity contribution in [1.29, 1.82) is 5.26 Å². The number of aryl methyl sites for hydroxylation is 1. The van der Waals surface area contributed by atoms with Crippen molar-refractivity contribution in [2.24, 2.45) is 13.0 Å². The highest BCUT2D eigenvalue weighted by Gasteiger charge is 2.28. The highest BCUT2D eigenvalue weighted by molar-refractivity contribution is 5.34. The van der Waals surface area contributed by atoms with Crippen molar-refractivity contribution in [1.82, 2.24) is 19.7 Å². The van der Waals surface area contributed by atoms with Gasteiger partial charge in [0.15, 0.2) is 5.69 Å². The second-order valence-corrected chi connectivity index (χ2v) is 5.42. The maximum atomic E-state index is 8.86. The van der Waals surface area contributed by atoms with E-state index >= 15 is 0 Å². The van der Waals surface area contributed by atoms with Crippen molar-refractivity contribution < 1.29 is 4.74 Å². The van der Waals surface area contributed by atoms with Gasteiger partial charge in [0.2, 0.25) is 0 Å². The summed E-state index contributed by atoms with van der Waals surface area (Å²) in [5, 5.41) is 16.4. The summed E-state index contributed by atoms with van der Waals surface area (Å²) in [7, 11) is 1.91. The molecular formula is C15H18N6O. The Balaban J connectivity index is 1.68. The van der Waals surface area contributed by atoms with E-state index in [9.17, 15) is 0 Å². The lowest BCUT2D eigenvalue weighted by Crippen LogP contribution is -2.28. The molecule has 1 N–H and O–H groups in total. The SMILES string of the molecule is Cn1cc([C@@H]2OCCC[C@H]2CNc2cncc(C#N)n2)cn1. The molecule has 7 nitrogen and oxygen atoms in total. The molecule has 3 rings (SSSR count). The first-order chi connectivity index (χ1) is 10.8. The van der Waals surface area contributed by atoms with Crippen LogP contribution >= 0.6 is 0 Å². The molecule has 0 saturated carbocycles. The maximum Gasteiger partial charge on any atom is 0.161 e. The fourth-order valence-corrected chi connectivity index (χ4v) is 2.75. The van der Waals surface area contributed by atoms with Crippen molar-refractivity contribution in [3.05, 3.63) is 36.0 Å². The molecule has 1 aliphatic heterocycles. The van der Waals surface area contributed by atoms with Gasteiger partial charge in [-0.3, -0.25) is 9.67 Å². The lowest BCUT2D eigenvalue weighted by molar-refractivity contribution is -0.0239. The molecule has 1 saturated heterocycles. The first-order valence-electron chi connectivity index (χ1n) is 7.32. The Morgan fingerprint density at radius 3 is 3.14 bits per heavy atom. The average molecular weight is 298 g/mol. The number of aromatic nitrogens is 4. The lowest BCUT2D eigenvalue weighted by Gasteiger charge is -2.31. The van der Waals surface area contributed by atoms with Crippen LogP contribution in [0.2, 0.25) is 0 Å². The van der Waals surface area contributed by atoms with E-state index < -0.39 is 0 Å². The van der Waals surface area contributed by atoms with E-state index in [2.05, 4.69) is 20.4 Å². The summed E-state index contributed by atoms with van der Waals surface area (Å²) in [5.74, 6) is 0.958. The Morgan fingerprint density at radius 1 is 1.45 bits per heavy atom. The quantitative estimate of drug-likeness (QED) is 0.923. The van der Waals surface area contributed by atoms with Crippen molar-refractivity contribution >= 4 is 5.82 Å². The molecule has 2 aromatic heterocycles. The Morgan fingerprint density at radius 2 is 2.36 bits per heavy atom. The number of hydrogen-bond donors (Lipinski definition) is 1. The summed E-state index contributed by atoms with van der Waals surface area (Å²) in [4.78, 5) is 8.19. The van der Waals surface area contributed by atoms with Gasteiger partial charge in [0.1, 0.15) is 11.9 Å². The fraction of sp³-hybridized carbons (Fsp3) is 0.467. The third-order valence-electron chi connectivity index (χ3n) is 3.79. The summed E-state index contributed by atoms with van der Waals surface area (Å²) in [6.45, 7) is 1.50. The van der Waals surface area contributed by atoms with Crippen molar-refractivity contribution in [3.8, 4) is 6.07 Å². The van der Waals surface area contributed by atoms with Gasteiger partial charge in [0.05, 0.1) is 24.7 Å². The molecule has 1 fully saturated rings. The molecular weight excluding hydrogens is 280 g/mol. The van der Waals surface area contributed by atoms with Crippen molar-refractivity contribution in [2.75, 3.05) is 18.5 Å². The highest BCUT2D eigenvalue weighted by atomic mass is 16.5. The zero-order chi connectivity index (χ0) is 15.4. The third-order valence-corrected chi connectivity index (χ3v) is 3.79. The van der Waals surface area contributed by atoms with Crippen LogP contribution in [0.4, 0.5) is 5.82 Å². The summed E-state index contributed by atoms with van der Waals surface area (Å²) < 4.78 is 7.73. The highest BCUT2D eigenvalue weighted by Crippen LogP contribution is 2.33. The van der Waals surface area contributed by atoms with Crippen molar-refractivity contribution in [2.45, 2.75) is 18.9 Å². The van der Waals surface area contributed by atoms with E-state index in [-0.39, 0.29) is 6.10 Å². The van der Waals surface area contributed by atoms with E-state index in [1.54, 1.807) is 10.9 Å². The first-order valence-corrected chi connectivity index (χ1v) is 7.32. The lowest BCUT2D eigenvalue weighted by atomic mass is 9.91. The largest absolute Gasteiger partial charge is 0.373 e. The Bertz CT molecular complexity index is 677. The molecule has 0 bridgehead atoms. The van der Waals surface area contributed by atoms with E-state index in [0.29, 0.717) is 17.4 Å². The summed E-state index contributed by atoms with van der Waals surface area (Å²) in [6.07, 6.45) is 9.11. The van der Waals surface area contributed by atoms with Crippen LogP contribution < -0.4 is 5.32 Å². The van der Waals surface area contributed by atoms with Crippen LogP contribution in [0.3, 0.4) is 0 Å². The molecule has 7 heteroatoms. The molecule has 0 amide bonds. The summed E-state index contributed by atoms with van der Waals surface area (Å²) >= 11 is 0. The molecule has 2 atom stereocenters. The van der Waals surface area contributed by atoms with Crippen LogP contribution in [0.5, 0.6) is 0 Å². The molecule has 114 valence electrons. The zero-order valence-corrected chi connectivity index (χ0v) is 12.4. The van der Waals surface area contributed by atoms with Crippen LogP contribution in [0, 0.1) is 17.2 Å². The fourth-order valence-electron chi connectivity index (χ4n) is 2.75. The standard InChI is InChI=1S/C15H18N6O/c1-21-10-12(7-19-21)15-11(3-2-4-22-15)6-18-14-9-17-8-13(5-16)20-14/h7-11,15H,2-4,6H2,1H3,(H,18,20)/t11-,15+/m0/s1. The van der Waals surface area contributed by atoms with E-state index in [0.717, 1.165) is 31.6 Å². The second-order valence-electron chi connectivity index (χ2n) is 5.42. The molecule has 0 radical (unpaired) electrons. The molecule has 0 unspecified atom stereocenters. The zero-order valence-electron chi connectivity index (χ0n) is 12.4. The third kappa shape index (κ3) is 3.23. The average Bonchev–Trinajstić information content (AvgIpc) is 3.00. The van der Waals surface area contributed by atoms with Gasteiger partial charge in [0.25, 0.3) is 0 Å². The van der Waals surface area contributed by atoms with Gasteiger partial charge in [0, 0.05) is 37.9 Å². The van der Waals surface area contributed by atoms with E-state index in [4.69, 9.17) is 10.00 Å². The van der Waals surface area contributed by atoms with Crippen LogP contribution in [-0.4, -0.2) is 32.9 Å². The minimum absolute atomic E-state index is 0.0436. The van der Waals surface area contributed by atoms with Gasteiger partial charge in [-0.1, -0.05) is 0 Å². The van der Waals surface area contributed by atoms with Crippen molar-refractivity contribution in [3.63, 3.8) is 0 Å². The van der Waals surface area contributed by atoms with Gasteiger partial charge in [-0.25, -0.2) is 4.98 Å². The monoisotopic (exact) mass is 298 g/mol. The predicted molar refractivity (Wildman–Crippen MR) is 79.9 cm³/mol. The molecule has 1 aliphatic rings. The van der Waals surface area contributed by atoms with Crippen LogP contribution in [0.15, 0.2) is 24.8 Å². The number of nitrogens with one attached hydrogen (secondary N) is 1. The number of hydrogen-bond acceptors (Lipinski definition) is 6. The summed E-state index contributed by atoms with van der Waals surface area (Å²) in [6, 6.07) is 1.99. The van der Waals surface area contributed by atoms with E-state index in [1.165, 1.54) is 6.20 Å².